The van der Waals surface area contributed by atoms with E-state index in [0.717, 1.165) is 21.7 Å². The minimum atomic E-state index is -3.53. The minimum absolute atomic E-state index is 0.115. The molecule has 1 amide bonds. The maximum atomic E-state index is 12.2. The van der Waals surface area contributed by atoms with E-state index in [1.165, 1.54) is 0 Å². The number of amides is 1. The van der Waals surface area contributed by atoms with Gasteiger partial charge in [-0.1, -0.05) is 29.8 Å². The van der Waals surface area contributed by atoms with Crippen LogP contribution in [0, 0.1) is 6.92 Å². The molecule has 0 aliphatic carbocycles. The number of hydrogen-bond acceptors (Lipinski definition) is 4. The number of carbonyl (C=O) groups excluding carboxylic acids is 1. The van der Waals surface area contributed by atoms with E-state index in [-0.39, 0.29) is 19.0 Å². The van der Waals surface area contributed by atoms with E-state index in [4.69, 9.17) is 4.74 Å². The summed E-state index contributed by atoms with van der Waals surface area (Å²) >= 11 is 0. The molecule has 0 saturated heterocycles. The number of benzene rings is 2. The first-order chi connectivity index (χ1) is 11.8. The number of aryl methyl sites for hydroxylation is 1. The molecular weight excluding hydrogens is 340 g/mol. The van der Waals surface area contributed by atoms with Crippen LogP contribution in [0.3, 0.4) is 0 Å². The van der Waals surface area contributed by atoms with Gasteiger partial charge in [-0.05, 0) is 36.8 Å². The molecule has 0 atom stereocenters. The number of nitrogens with one attached hydrogen (secondary N) is 1. The van der Waals surface area contributed by atoms with Gasteiger partial charge in [0, 0.05) is 12.2 Å². The summed E-state index contributed by atoms with van der Waals surface area (Å²) in [7, 11) is -1.97. The molecule has 2 aromatic rings. The van der Waals surface area contributed by atoms with Crippen LogP contribution in [0.1, 0.15) is 11.1 Å². The van der Waals surface area contributed by atoms with Crippen molar-refractivity contribution in [3.05, 3.63) is 59.7 Å². The van der Waals surface area contributed by atoms with Crippen LogP contribution in [-0.2, 0) is 21.4 Å². The van der Waals surface area contributed by atoms with E-state index in [9.17, 15) is 13.2 Å². The van der Waals surface area contributed by atoms with Crippen LogP contribution in [0.5, 0.6) is 5.75 Å². The maximum Gasteiger partial charge on any atom is 0.239 e. The number of carbonyl (C=O) groups is 1. The molecule has 0 fully saturated rings. The Morgan fingerprint density at radius 1 is 1.08 bits per heavy atom. The first kappa shape index (κ1) is 19.0. The summed E-state index contributed by atoms with van der Waals surface area (Å²) in [5, 5.41) is 2.71. The van der Waals surface area contributed by atoms with Gasteiger partial charge in [-0.15, -0.1) is 0 Å². The van der Waals surface area contributed by atoms with Crippen LogP contribution in [0.25, 0.3) is 0 Å². The van der Waals surface area contributed by atoms with Crippen molar-refractivity contribution in [2.75, 3.05) is 25.2 Å². The lowest BCUT2D eigenvalue weighted by atomic mass is 10.2. The number of methoxy groups -OCH3 is 1. The molecule has 25 heavy (non-hydrogen) atoms. The maximum absolute atomic E-state index is 12.2. The Hall–Kier alpha value is -2.38. The van der Waals surface area contributed by atoms with Crippen LogP contribution >= 0.6 is 0 Å². The van der Waals surface area contributed by atoms with Gasteiger partial charge < -0.3 is 10.1 Å². The number of anilines is 1. The molecule has 6 nitrogen and oxygen atoms in total. The van der Waals surface area contributed by atoms with E-state index in [0.29, 0.717) is 11.4 Å². The number of nitrogens with zero attached hydrogens (tertiary/aromatic N) is 1. The van der Waals surface area contributed by atoms with Crippen LogP contribution in [-0.4, -0.2) is 38.5 Å². The standard InChI is InChI=1S/C18H22N2O4S/c1-14-4-8-16(9-5-14)19-18(21)13-20(25(3,22)23)12-15-6-10-17(24-2)11-7-15/h4-11H,12-13H2,1-3H3,(H,19,21). The third kappa shape index (κ3) is 5.88. The normalized spacial score (nSPS) is 11.4. The fourth-order valence-electron chi connectivity index (χ4n) is 2.22. The predicted octanol–water partition coefficient (Wildman–Crippen LogP) is 2.40. The Balaban J connectivity index is 2.06. The molecule has 2 rings (SSSR count). The third-order valence-electron chi connectivity index (χ3n) is 3.64. The summed E-state index contributed by atoms with van der Waals surface area (Å²) in [5.74, 6) is 0.301. The van der Waals surface area contributed by atoms with Crippen molar-refractivity contribution in [2.45, 2.75) is 13.5 Å². The van der Waals surface area contributed by atoms with Crippen molar-refractivity contribution in [3.63, 3.8) is 0 Å². The molecule has 0 heterocycles. The fourth-order valence-corrected chi connectivity index (χ4v) is 2.96. The highest BCUT2D eigenvalue weighted by molar-refractivity contribution is 7.88. The molecule has 0 radical (unpaired) electrons. The lowest BCUT2D eigenvalue weighted by Gasteiger charge is -2.19. The van der Waals surface area contributed by atoms with Gasteiger partial charge in [-0.2, -0.15) is 4.31 Å². The fraction of sp³-hybridized carbons (Fsp3) is 0.278. The van der Waals surface area contributed by atoms with Crippen molar-refractivity contribution >= 4 is 21.6 Å². The molecule has 2 aromatic carbocycles. The Kier molecular flexibility index (Phi) is 6.17. The summed E-state index contributed by atoms with van der Waals surface area (Å²) in [5.41, 5.74) is 2.48. The third-order valence-corrected chi connectivity index (χ3v) is 4.84. The molecule has 0 unspecified atom stereocenters. The van der Waals surface area contributed by atoms with Gasteiger partial charge in [0.25, 0.3) is 0 Å². The van der Waals surface area contributed by atoms with E-state index in [2.05, 4.69) is 5.32 Å². The number of hydrogen-bond donors (Lipinski definition) is 1. The quantitative estimate of drug-likeness (QED) is 0.821. The van der Waals surface area contributed by atoms with E-state index in [1.807, 2.05) is 19.1 Å². The summed E-state index contributed by atoms with van der Waals surface area (Å²) < 4.78 is 30.2. The molecular formula is C18H22N2O4S. The smallest absolute Gasteiger partial charge is 0.239 e. The van der Waals surface area contributed by atoms with Gasteiger partial charge in [0.05, 0.1) is 19.9 Å². The van der Waals surface area contributed by atoms with Gasteiger partial charge in [-0.3, -0.25) is 4.79 Å². The van der Waals surface area contributed by atoms with E-state index >= 15 is 0 Å². The first-order valence-electron chi connectivity index (χ1n) is 7.72. The van der Waals surface area contributed by atoms with Gasteiger partial charge in [-0.25, -0.2) is 8.42 Å². The number of ether oxygens (including phenoxy) is 1. The molecule has 0 aliphatic rings. The SMILES string of the molecule is COc1ccc(CN(CC(=O)Nc2ccc(C)cc2)S(C)(=O)=O)cc1. The van der Waals surface area contributed by atoms with E-state index < -0.39 is 10.0 Å². The number of rotatable bonds is 7. The van der Waals surface area contributed by atoms with Crippen LogP contribution in [0.2, 0.25) is 0 Å². The van der Waals surface area contributed by atoms with Crippen molar-refractivity contribution in [2.24, 2.45) is 0 Å². The van der Waals surface area contributed by atoms with Crippen LogP contribution < -0.4 is 10.1 Å². The molecule has 134 valence electrons. The molecule has 0 saturated carbocycles. The molecule has 0 bridgehead atoms. The van der Waals surface area contributed by atoms with Crippen molar-refractivity contribution < 1.29 is 17.9 Å². The van der Waals surface area contributed by atoms with Crippen LogP contribution in [0.4, 0.5) is 5.69 Å². The Bertz CT molecular complexity index is 815. The van der Waals surface area contributed by atoms with Gasteiger partial charge in [0.15, 0.2) is 0 Å². The largest absolute Gasteiger partial charge is 0.497 e. The van der Waals surface area contributed by atoms with Gasteiger partial charge >= 0.3 is 0 Å². The first-order valence-corrected chi connectivity index (χ1v) is 9.57. The average Bonchev–Trinajstić information content (AvgIpc) is 2.56. The number of sulfonamides is 1. The zero-order valence-corrected chi connectivity index (χ0v) is 15.3. The van der Waals surface area contributed by atoms with Crippen molar-refractivity contribution in [3.8, 4) is 5.75 Å². The highest BCUT2D eigenvalue weighted by Crippen LogP contribution is 2.15. The van der Waals surface area contributed by atoms with Crippen molar-refractivity contribution in [1.82, 2.24) is 4.31 Å². The summed E-state index contributed by atoms with van der Waals surface area (Å²) in [6, 6.07) is 14.4. The molecule has 0 spiro atoms. The molecule has 1 N–H and O–H groups in total. The Morgan fingerprint density at radius 3 is 2.20 bits per heavy atom. The van der Waals surface area contributed by atoms with Gasteiger partial charge in [0.2, 0.25) is 15.9 Å². The second-order valence-corrected chi connectivity index (χ2v) is 7.78. The zero-order chi connectivity index (χ0) is 18.4. The monoisotopic (exact) mass is 362 g/mol. The molecule has 0 aromatic heterocycles. The second kappa shape index (κ2) is 8.13. The molecule has 0 aliphatic heterocycles. The Labute approximate surface area is 148 Å². The summed E-state index contributed by atoms with van der Waals surface area (Å²) in [6.07, 6.45) is 1.09. The second-order valence-electron chi connectivity index (χ2n) is 5.79. The van der Waals surface area contributed by atoms with E-state index in [1.54, 1.807) is 43.5 Å². The van der Waals surface area contributed by atoms with Gasteiger partial charge in [0.1, 0.15) is 5.75 Å². The average molecular weight is 362 g/mol. The lowest BCUT2D eigenvalue weighted by Crippen LogP contribution is -2.36. The highest BCUT2D eigenvalue weighted by atomic mass is 32.2. The molecule has 7 heteroatoms. The Morgan fingerprint density at radius 2 is 1.68 bits per heavy atom. The lowest BCUT2D eigenvalue weighted by molar-refractivity contribution is -0.116. The van der Waals surface area contributed by atoms with Crippen molar-refractivity contribution in [1.29, 1.82) is 0 Å². The summed E-state index contributed by atoms with van der Waals surface area (Å²) in [6.45, 7) is 1.81. The highest BCUT2D eigenvalue weighted by Gasteiger charge is 2.20. The topological polar surface area (TPSA) is 75.7 Å². The predicted molar refractivity (Wildman–Crippen MR) is 98.1 cm³/mol. The zero-order valence-electron chi connectivity index (χ0n) is 14.5. The van der Waals surface area contributed by atoms with Crippen LogP contribution in [0.15, 0.2) is 48.5 Å². The summed E-state index contributed by atoms with van der Waals surface area (Å²) in [4.78, 5) is 12.2. The minimum Gasteiger partial charge on any atom is -0.497 e.